The molecule has 0 aliphatic heterocycles. The van der Waals surface area contributed by atoms with Crippen molar-refractivity contribution in [3.05, 3.63) is 316 Å². The van der Waals surface area contributed by atoms with Crippen molar-refractivity contribution in [2.24, 2.45) is 0 Å². The van der Waals surface area contributed by atoms with Gasteiger partial charge in [-0.3, -0.25) is 9.13 Å². The summed E-state index contributed by atoms with van der Waals surface area (Å²) < 4.78 is 4.46. The molecule has 94 heavy (non-hydrogen) atoms. The number of para-hydroxylation sites is 6. The average molecular weight is 1190 g/mol. The molecule has 0 fully saturated rings. The standard InChI is InChI=1S/2C42H27N3O.2Li/c46-41-35(23-22-28-11-8-24-43-40(28)41)34-15-7-10-31-25-36-30(26-37(31)34)9-6-14-33(36)27-18-20-29(21-19-27)42-44-38-16-4-5-17-39(38)45(42)32-12-2-1-3-13-32;46-40-23-22-34(35-15-8-24-43-41(35)40)33-14-7-10-30-25-36-29(26-37(30)33)9-6-13-32(36)27-18-20-28(21-19-27)42-44-38-16-4-5-17-39(38)45(42)31-11-2-1-3-12-31;;/h2*1-26,46H;;/q;;2*+1. The molecule has 2 N–H and O–H groups in total. The number of rotatable bonds is 8. The summed E-state index contributed by atoms with van der Waals surface area (Å²) in [6.07, 6.45) is 3.61. The third-order valence-electron chi connectivity index (χ3n) is 18.0. The first-order chi connectivity index (χ1) is 45.5. The fourth-order valence-electron chi connectivity index (χ4n) is 13.6. The Kier molecular flexibility index (Phi) is 15.5. The van der Waals surface area contributed by atoms with E-state index in [0.717, 1.165) is 127 Å². The molecule has 8 nitrogen and oxygen atoms in total. The number of aromatic amines is 2. The fourth-order valence-corrected chi connectivity index (χ4v) is 13.6. The average Bonchev–Trinajstić information content (AvgIpc) is 0.808. The maximum atomic E-state index is 13.5. The van der Waals surface area contributed by atoms with Crippen molar-refractivity contribution in [1.29, 1.82) is 0 Å². The Labute approximate surface area is 565 Å². The summed E-state index contributed by atoms with van der Waals surface area (Å²) in [6, 6.07) is 105. The monoisotopic (exact) mass is 1190 g/mol. The first-order valence-corrected chi connectivity index (χ1v) is 30.9. The summed E-state index contributed by atoms with van der Waals surface area (Å²) >= 11 is 0. The van der Waals surface area contributed by atoms with Crippen LogP contribution in [0.2, 0.25) is 0 Å². The number of nitrogens with zero attached hydrogens (tertiary/aromatic N) is 4. The summed E-state index contributed by atoms with van der Waals surface area (Å²) in [6.45, 7) is 0. The zero-order valence-electron chi connectivity index (χ0n) is 51.6. The minimum absolute atomic E-state index is 0. The molecule has 0 amide bonds. The molecule has 14 aromatic carbocycles. The van der Waals surface area contributed by atoms with Gasteiger partial charge in [0.1, 0.15) is 11.6 Å². The largest absolute Gasteiger partial charge is 1.00 e. The van der Waals surface area contributed by atoms with E-state index >= 15 is 0 Å². The van der Waals surface area contributed by atoms with Gasteiger partial charge in [0.05, 0.1) is 27.5 Å². The van der Waals surface area contributed by atoms with E-state index in [-0.39, 0.29) is 49.2 Å². The number of H-pyrrole nitrogens is 2. The first kappa shape index (κ1) is 59.0. The Bertz CT molecular complexity index is 5910. The minimum atomic E-state index is -0.00184. The van der Waals surface area contributed by atoms with Gasteiger partial charge in [-0.15, -0.1) is 0 Å². The Balaban J connectivity index is 0.000000152. The molecule has 0 aliphatic carbocycles. The summed E-state index contributed by atoms with van der Waals surface area (Å²) in [7, 11) is 0. The van der Waals surface area contributed by atoms with Crippen molar-refractivity contribution >= 4 is 87.0 Å². The van der Waals surface area contributed by atoms with Crippen LogP contribution < -0.4 is 57.9 Å². The molecule has 0 spiro atoms. The second kappa shape index (κ2) is 24.7. The van der Waals surface area contributed by atoms with Gasteiger partial charge in [-0.25, -0.2) is 19.9 Å². The van der Waals surface area contributed by atoms with Gasteiger partial charge in [-0.2, -0.15) is 0 Å². The van der Waals surface area contributed by atoms with Crippen molar-refractivity contribution in [3.63, 3.8) is 0 Å². The van der Waals surface area contributed by atoms with Gasteiger partial charge in [0.15, 0.2) is 12.4 Å². The third kappa shape index (κ3) is 10.3. The SMILES string of the molecule is [Li+].[Li+].[O-]c1c(-c2cccc3cc4c(-c5ccc(-c6nc7ccccc7n6-c6ccccc6)cc5)cccc4cc23)ccc2ccc[nH+]c12.[O-]c1ccc(-c2cccc3cc4c(-c5ccc(-c6nc7ccccc7n6-c6ccccc6)cc5)cccc4cc23)c2ccc[nH+]c12. The molecule has 0 atom stereocenters. The molecule has 18 rings (SSSR count). The van der Waals surface area contributed by atoms with Gasteiger partial charge in [-0.1, -0.05) is 200 Å². The van der Waals surface area contributed by atoms with Crippen LogP contribution in [0.25, 0.3) is 166 Å². The smallest absolute Gasteiger partial charge is 0.868 e. The second-order valence-electron chi connectivity index (χ2n) is 23.3. The van der Waals surface area contributed by atoms with Crippen LogP contribution in [0.5, 0.6) is 11.5 Å². The van der Waals surface area contributed by atoms with Gasteiger partial charge < -0.3 is 10.2 Å². The van der Waals surface area contributed by atoms with Crippen LogP contribution in [-0.4, -0.2) is 19.1 Å². The number of hydrogen-bond donors (Lipinski definition) is 0. The maximum Gasteiger partial charge on any atom is 1.00 e. The van der Waals surface area contributed by atoms with Crippen molar-refractivity contribution in [2.45, 2.75) is 0 Å². The molecule has 10 heteroatoms. The topological polar surface area (TPSA) is 110 Å². The van der Waals surface area contributed by atoms with Gasteiger partial charge in [0.2, 0.25) is 11.0 Å². The van der Waals surface area contributed by atoms with Crippen LogP contribution in [0.15, 0.2) is 316 Å². The van der Waals surface area contributed by atoms with Gasteiger partial charge >= 0.3 is 37.7 Å². The van der Waals surface area contributed by atoms with Crippen LogP contribution in [0.1, 0.15) is 0 Å². The maximum absolute atomic E-state index is 13.5. The number of pyridine rings is 2. The number of imidazole rings is 2. The van der Waals surface area contributed by atoms with Gasteiger partial charge in [0.25, 0.3) is 0 Å². The molecule has 432 valence electrons. The number of benzene rings is 14. The number of aromatic nitrogens is 6. The minimum Gasteiger partial charge on any atom is -0.868 e. The Morgan fingerprint density at radius 3 is 1.16 bits per heavy atom. The van der Waals surface area contributed by atoms with E-state index in [2.05, 4.69) is 237 Å². The van der Waals surface area contributed by atoms with E-state index in [1.54, 1.807) is 18.5 Å². The summed E-state index contributed by atoms with van der Waals surface area (Å²) in [4.78, 5) is 16.4. The molecule has 4 aromatic heterocycles. The van der Waals surface area contributed by atoms with Crippen LogP contribution >= 0.6 is 0 Å². The molecule has 0 unspecified atom stereocenters. The van der Waals surface area contributed by atoms with E-state index in [9.17, 15) is 10.2 Å². The summed E-state index contributed by atoms with van der Waals surface area (Å²) in [5.41, 5.74) is 18.1. The van der Waals surface area contributed by atoms with Crippen molar-refractivity contribution in [1.82, 2.24) is 19.1 Å². The molecule has 0 saturated heterocycles. The van der Waals surface area contributed by atoms with Crippen LogP contribution in [0.4, 0.5) is 0 Å². The third-order valence-corrected chi connectivity index (χ3v) is 18.0. The van der Waals surface area contributed by atoms with Crippen LogP contribution in [0, 0.1) is 0 Å². The van der Waals surface area contributed by atoms with E-state index in [0.29, 0.717) is 16.6 Å². The fraction of sp³-hybridized carbons (Fsp3) is 0. The molecule has 4 heterocycles. The van der Waals surface area contributed by atoms with Crippen molar-refractivity contribution in [2.75, 3.05) is 0 Å². The predicted octanol–water partition coefficient (Wildman–Crippen LogP) is 12.8. The molecule has 0 aliphatic rings. The van der Waals surface area contributed by atoms with E-state index in [1.165, 1.54) is 21.7 Å². The number of nitrogens with one attached hydrogen (secondary N) is 2. The second-order valence-corrected chi connectivity index (χ2v) is 23.3. The number of hydrogen-bond acceptors (Lipinski definition) is 4. The summed E-state index contributed by atoms with van der Waals surface area (Å²) in [5, 5.41) is 37.1. The number of fused-ring (bicyclic) bond motifs is 8. The van der Waals surface area contributed by atoms with E-state index in [1.807, 2.05) is 78.9 Å². The van der Waals surface area contributed by atoms with Gasteiger partial charge in [0, 0.05) is 40.0 Å². The molecule has 0 radical (unpaired) electrons. The normalized spacial score (nSPS) is 11.3. The molecule has 18 aromatic rings. The Morgan fingerprint density at radius 1 is 0.277 bits per heavy atom. The Morgan fingerprint density at radius 2 is 0.660 bits per heavy atom. The van der Waals surface area contributed by atoms with Crippen LogP contribution in [0.3, 0.4) is 0 Å². The van der Waals surface area contributed by atoms with Gasteiger partial charge in [-0.05, 0) is 190 Å². The molecule has 0 bridgehead atoms. The van der Waals surface area contributed by atoms with Crippen molar-refractivity contribution in [3.8, 4) is 90.2 Å². The summed E-state index contributed by atoms with van der Waals surface area (Å²) in [5.74, 6) is 1.85. The first-order valence-electron chi connectivity index (χ1n) is 30.9. The zero-order chi connectivity index (χ0) is 61.2. The quantitative estimate of drug-likeness (QED) is 0.111. The van der Waals surface area contributed by atoms with E-state index in [4.69, 9.17) is 9.97 Å². The zero-order valence-corrected chi connectivity index (χ0v) is 51.6. The molecule has 0 saturated carbocycles. The van der Waals surface area contributed by atoms with Crippen molar-refractivity contribution < 1.29 is 57.9 Å². The van der Waals surface area contributed by atoms with Crippen LogP contribution in [-0.2, 0) is 0 Å². The molecular formula is C84H54Li2N6O2+2. The predicted molar refractivity (Wildman–Crippen MR) is 372 cm³/mol. The Hall–Kier alpha value is -11.3. The molecular weight excluding hydrogens is 1140 g/mol. The van der Waals surface area contributed by atoms with E-state index < -0.39 is 0 Å².